The third kappa shape index (κ3) is 4.13. The van der Waals surface area contributed by atoms with Gasteiger partial charge in [0.2, 0.25) is 0 Å². The molecule has 7 heteroatoms. The molecule has 0 aromatic heterocycles. The van der Waals surface area contributed by atoms with Gasteiger partial charge in [0, 0.05) is 67.7 Å². The van der Waals surface area contributed by atoms with Crippen molar-refractivity contribution in [3.63, 3.8) is 0 Å². The van der Waals surface area contributed by atoms with Crippen molar-refractivity contribution in [3.05, 3.63) is 35.4 Å². The van der Waals surface area contributed by atoms with Crippen molar-refractivity contribution in [1.82, 2.24) is 14.7 Å². The smallest absolute Gasteiger partial charge is 0.186 e. The van der Waals surface area contributed by atoms with Crippen LogP contribution in [-0.4, -0.2) is 75.3 Å². The maximum absolute atomic E-state index is 13.9. The minimum atomic E-state index is -0.832. The van der Waals surface area contributed by atoms with Gasteiger partial charge in [0.15, 0.2) is 6.35 Å². The van der Waals surface area contributed by atoms with E-state index in [0.717, 1.165) is 39.0 Å². The van der Waals surface area contributed by atoms with Crippen molar-refractivity contribution in [1.29, 1.82) is 5.41 Å². The third-order valence-corrected chi connectivity index (χ3v) is 6.84. The van der Waals surface area contributed by atoms with Gasteiger partial charge in [-0.25, -0.2) is 4.39 Å². The number of nitrogens with one attached hydrogen (secondary N) is 1. The van der Waals surface area contributed by atoms with Gasteiger partial charge in [0.05, 0.1) is 11.9 Å². The second-order valence-electron chi connectivity index (χ2n) is 8.70. The topological polar surface area (TPSA) is 74.0 Å². The van der Waals surface area contributed by atoms with Crippen LogP contribution in [0.25, 0.3) is 0 Å². The Morgan fingerprint density at radius 1 is 1.14 bits per heavy atom. The molecule has 0 saturated carbocycles. The molecule has 1 saturated heterocycles. The highest BCUT2D eigenvalue weighted by Crippen LogP contribution is 2.37. The largest absolute Gasteiger partial charge is 0.389 e. The number of rotatable bonds is 4. The summed E-state index contributed by atoms with van der Waals surface area (Å²) in [4.78, 5) is 6.34. The number of hydrogen-bond acceptors (Lipinski definition) is 6. The minimum absolute atomic E-state index is 0.154. The first kappa shape index (κ1) is 20.6. The van der Waals surface area contributed by atoms with Gasteiger partial charge in [-0.15, -0.1) is 0 Å². The highest BCUT2D eigenvalue weighted by Gasteiger charge is 2.42. The molecule has 4 aliphatic rings. The fraction of sp³-hybridized carbons (Fsp3) is 0.682. The predicted octanol–water partition coefficient (Wildman–Crippen LogP) is 2.57. The quantitative estimate of drug-likeness (QED) is 0.672. The van der Waals surface area contributed by atoms with E-state index in [9.17, 15) is 14.6 Å². The number of halogens is 1. The zero-order chi connectivity index (χ0) is 20.5. The summed E-state index contributed by atoms with van der Waals surface area (Å²) in [5, 5.41) is 29.8. The molecule has 1 unspecified atom stereocenters. The summed E-state index contributed by atoms with van der Waals surface area (Å²) in [5.41, 5.74) is 2.22. The van der Waals surface area contributed by atoms with Crippen LogP contribution in [0.3, 0.4) is 0 Å². The van der Waals surface area contributed by atoms with Gasteiger partial charge in [0.25, 0.3) is 0 Å². The van der Waals surface area contributed by atoms with Crippen LogP contribution in [0.4, 0.5) is 4.39 Å². The lowest BCUT2D eigenvalue weighted by molar-refractivity contribution is -0.124. The van der Waals surface area contributed by atoms with Crippen LogP contribution in [-0.2, 0) is 0 Å². The summed E-state index contributed by atoms with van der Waals surface area (Å²) in [6, 6.07) is -0.154. The molecule has 4 rings (SSSR count). The summed E-state index contributed by atoms with van der Waals surface area (Å²) in [6.07, 6.45) is 9.49. The van der Waals surface area contributed by atoms with Crippen molar-refractivity contribution in [3.8, 4) is 0 Å². The molecule has 2 aliphatic carbocycles. The molecular weight excluding hydrogens is 371 g/mol. The molecule has 160 valence electrons. The molecule has 0 spiro atoms. The monoisotopic (exact) mass is 404 g/mol. The second-order valence-corrected chi connectivity index (χ2v) is 8.70. The molecule has 2 aliphatic heterocycles. The lowest BCUT2D eigenvalue weighted by atomic mass is 9.78. The average Bonchev–Trinajstić information content (AvgIpc) is 2.74. The predicted molar refractivity (Wildman–Crippen MR) is 111 cm³/mol. The van der Waals surface area contributed by atoms with Crippen LogP contribution in [0.2, 0.25) is 0 Å². The average molecular weight is 405 g/mol. The first-order valence-corrected chi connectivity index (χ1v) is 10.9. The Bertz CT molecular complexity index is 724. The zero-order valence-electron chi connectivity index (χ0n) is 17.2. The van der Waals surface area contributed by atoms with Gasteiger partial charge in [0.1, 0.15) is 0 Å². The molecule has 4 atom stereocenters. The van der Waals surface area contributed by atoms with E-state index in [1.54, 1.807) is 19.2 Å². The summed E-state index contributed by atoms with van der Waals surface area (Å²) >= 11 is 0. The first-order chi connectivity index (χ1) is 14.0. The van der Waals surface area contributed by atoms with E-state index in [0.29, 0.717) is 17.7 Å². The third-order valence-electron chi connectivity index (χ3n) is 6.84. The molecule has 2 heterocycles. The minimum Gasteiger partial charge on any atom is -0.389 e. The molecule has 0 aromatic carbocycles. The Kier molecular flexibility index (Phi) is 6.08. The number of fused-ring (bicyclic) bond motifs is 1. The molecule has 0 amide bonds. The van der Waals surface area contributed by atoms with Crippen molar-refractivity contribution in [2.45, 2.75) is 63.9 Å². The first-order valence-electron chi connectivity index (χ1n) is 10.9. The Morgan fingerprint density at radius 3 is 2.55 bits per heavy atom. The summed E-state index contributed by atoms with van der Waals surface area (Å²) in [7, 11) is 0. The molecule has 0 aromatic rings. The van der Waals surface area contributed by atoms with Crippen molar-refractivity contribution < 1.29 is 14.6 Å². The number of piperazine rings is 1. The normalized spacial score (nSPS) is 30.9. The maximum Gasteiger partial charge on any atom is 0.186 e. The van der Waals surface area contributed by atoms with E-state index in [1.165, 1.54) is 18.5 Å². The molecular formula is C22H33FN4O2. The Hall–Kier alpha value is -1.70. The number of allylic oxidation sites excluding steroid dienone is 3. The molecule has 6 nitrogen and oxygen atoms in total. The summed E-state index contributed by atoms with van der Waals surface area (Å²) < 4.78 is 13.9. The van der Waals surface area contributed by atoms with Crippen molar-refractivity contribution in [2.24, 2.45) is 5.92 Å². The van der Waals surface area contributed by atoms with E-state index in [1.807, 2.05) is 4.90 Å². The van der Waals surface area contributed by atoms with Gasteiger partial charge < -0.3 is 25.4 Å². The van der Waals surface area contributed by atoms with Crippen LogP contribution < -0.4 is 0 Å². The Labute approximate surface area is 172 Å². The van der Waals surface area contributed by atoms with E-state index >= 15 is 0 Å². The van der Waals surface area contributed by atoms with Crippen molar-refractivity contribution in [2.75, 3.05) is 26.2 Å². The lowest BCUT2D eigenvalue weighted by Gasteiger charge is -2.49. The summed E-state index contributed by atoms with van der Waals surface area (Å²) in [5.74, 6) is -0.537. The van der Waals surface area contributed by atoms with Crippen molar-refractivity contribution >= 4 is 5.71 Å². The fourth-order valence-corrected chi connectivity index (χ4v) is 5.11. The Morgan fingerprint density at radius 2 is 1.90 bits per heavy atom. The highest BCUT2D eigenvalue weighted by atomic mass is 19.1. The molecule has 0 bridgehead atoms. The van der Waals surface area contributed by atoms with Crippen LogP contribution >= 0.6 is 0 Å². The second kappa shape index (κ2) is 8.58. The Balaban J connectivity index is 1.48. The van der Waals surface area contributed by atoms with E-state index < -0.39 is 12.5 Å². The maximum atomic E-state index is 13.9. The number of aliphatic hydroxyl groups is 2. The van der Waals surface area contributed by atoms with Gasteiger partial charge in [-0.2, -0.15) is 0 Å². The highest BCUT2D eigenvalue weighted by molar-refractivity contribution is 6.01. The van der Waals surface area contributed by atoms with Crippen LogP contribution in [0.5, 0.6) is 0 Å². The molecule has 0 radical (unpaired) electrons. The lowest BCUT2D eigenvalue weighted by Crippen LogP contribution is -2.60. The fourth-order valence-electron chi connectivity index (χ4n) is 5.11. The van der Waals surface area contributed by atoms with Crippen LogP contribution in [0.1, 0.15) is 45.4 Å². The molecule has 1 fully saturated rings. The van der Waals surface area contributed by atoms with E-state index in [-0.39, 0.29) is 24.2 Å². The van der Waals surface area contributed by atoms with Crippen LogP contribution in [0.15, 0.2) is 35.4 Å². The molecule has 29 heavy (non-hydrogen) atoms. The molecule has 3 N–H and O–H groups in total. The van der Waals surface area contributed by atoms with Gasteiger partial charge in [-0.05, 0) is 39.0 Å². The van der Waals surface area contributed by atoms with E-state index in [2.05, 4.69) is 15.9 Å². The van der Waals surface area contributed by atoms with Crippen LogP contribution in [0, 0.1) is 11.3 Å². The number of nitrogens with zero attached hydrogens (tertiary/aromatic N) is 3. The zero-order valence-corrected chi connectivity index (χ0v) is 17.2. The van der Waals surface area contributed by atoms with E-state index in [4.69, 9.17) is 5.41 Å². The van der Waals surface area contributed by atoms with Gasteiger partial charge in [-0.1, -0.05) is 12.2 Å². The number of aliphatic hydroxyl groups excluding tert-OH is 2. The number of hydrogen-bond donors (Lipinski definition) is 3. The van der Waals surface area contributed by atoms with Gasteiger partial charge in [-0.3, -0.25) is 4.90 Å². The standard InChI is InChI=1S/C22H33FN4O2/c1-15(28)19-14-27(20-8-7-16(23)13-18(20)21(19)24)22(29)26-11-9-25(10-12-26)17-5-3-2-4-6-17/h5,7,14-15,18,20,22,24,28-29H,2-4,6,8-13H2,1H3/t15?,18-,20+,22-/m1/s1. The summed E-state index contributed by atoms with van der Waals surface area (Å²) in [6.45, 7) is 4.92. The van der Waals surface area contributed by atoms with Gasteiger partial charge >= 0.3 is 0 Å². The SMILES string of the molecule is CC(O)C1=CN([C@H](O)N2CCN(C3=CCCCC3)CC2)[C@H]2CC=C(F)C[C@H]2C1=N.